The normalized spacial score (nSPS) is 11.6. The molecule has 0 atom stereocenters. The Morgan fingerprint density at radius 1 is 1.26 bits per heavy atom. The molecule has 3 heteroatoms. The van der Waals surface area contributed by atoms with E-state index in [2.05, 4.69) is 36.7 Å². The molecule has 19 heavy (non-hydrogen) atoms. The molecule has 0 fully saturated rings. The molecule has 0 saturated heterocycles. The third kappa shape index (κ3) is 3.13. The van der Waals surface area contributed by atoms with Crippen molar-refractivity contribution in [1.82, 2.24) is 4.57 Å². The van der Waals surface area contributed by atoms with Crippen LogP contribution in [-0.4, -0.2) is 11.1 Å². The molecule has 2 aromatic rings. The van der Waals surface area contributed by atoms with Crippen molar-refractivity contribution < 1.29 is 0 Å². The summed E-state index contributed by atoms with van der Waals surface area (Å²) in [4.78, 5) is 0. The van der Waals surface area contributed by atoms with Gasteiger partial charge in [-0.3, -0.25) is 0 Å². The van der Waals surface area contributed by atoms with Crippen molar-refractivity contribution in [3.63, 3.8) is 0 Å². The van der Waals surface area contributed by atoms with Gasteiger partial charge in [0.15, 0.2) is 0 Å². The highest BCUT2D eigenvalue weighted by Gasteiger charge is 2.11. The van der Waals surface area contributed by atoms with Crippen molar-refractivity contribution in [1.29, 1.82) is 0 Å². The first-order chi connectivity index (χ1) is 9.19. The van der Waals surface area contributed by atoms with Crippen LogP contribution in [0.15, 0.2) is 24.4 Å². The topological polar surface area (TPSA) is 30.9 Å². The Bertz CT molecular complexity index is 541. The highest BCUT2D eigenvalue weighted by molar-refractivity contribution is 6.31. The Balaban J connectivity index is 2.44. The Morgan fingerprint density at radius 3 is 2.63 bits per heavy atom. The van der Waals surface area contributed by atoms with E-state index in [1.807, 2.05) is 6.07 Å². The molecular formula is C16H23ClN2. The standard InChI is InChI=1S/C16H23ClN2/c1-3-12(4-2)10-19-11-13(7-8-18)15-6-5-14(17)9-16(15)19/h5-6,9,11-12H,3-4,7-8,10,18H2,1-2H3. The largest absolute Gasteiger partial charge is 0.347 e. The minimum atomic E-state index is 0.687. The first kappa shape index (κ1) is 14.4. The van der Waals surface area contributed by atoms with Crippen LogP contribution >= 0.6 is 11.6 Å². The first-order valence-electron chi connectivity index (χ1n) is 7.16. The van der Waals surface area contributed by atoms with Crippen LogP contribution in [0.25, 0.3) is 10.9 Å². The van der Waals surface area contributed by atoms with E-state index in [4.69, 9.17) is 17.3 Å². The Labute approximate surface area is 120 Å². The second-order valence-electron chi connectivity index (χ2n) is 5.19. The van der Waals surface area contributed by atoms with Gasteiger partial charge in [-0.05, 0) is 36.6 Å². The van der Waals surface area contributed by atoms with E-state index in [0.717, 1.165) is 23.9 Å². The van der Waals surface area contributed by atoms with Crippen LogP contribution in [-0.2, 0) is 13.0 Å². The number of hydrogen-bond acceptors (Lipinski definition) is 1. The van der Waals surface area contributed by atoms with E-state index in [0.29, 0.717) is 6.54 Å². The van der Waals surface area contributed by atoms with E-state index < -0.39 is 0 Å². The fourth-order valence-corrected chi connectivity index (χ4v) is 2.84. The average Bonchev–Trinajstić information content (AvgIpc) is 2.74. The quantitative estimate of drug-likeness (QED) is 0.842. The van der Waals surface area contributed by atoms with E-state index in [-0.39, 0.29) is 0 Å². The number of aromatic nitrogens is 1. The molecule has 1 heterocycles. The van der Waals surface area contributed by atoms with Crippen molar-refractivity contribution in [2.75, 3.05) is 6.54 Å². The van der Waals surface area contributed by atoms with Crippen LogP contribution in [0.3, 0.4) is 0 Å². The summed E-state index contributed by atoms with van der Waals surface area (Å²) in [6.07, 6.45) is 5.60. The van der Waals surface area contributed by atoms with Gasteiger partial charge in [-0.25, -0.2) is 0 Å². The summed E-state index contributed by atoms with van der Waals surface area (Å²) in [5, 5.41) is 2.09. The lowest BCUT2D eigenvalue weighted by atomic mass is 10.0. The number of benzene rings is 1. The maximum Gasteiger partial charge on any atom is 0.0498 e. The lowest BCUT2D eigenvalue weighted by Gasteiger charge is -2.14. The smallest absolute Gasteiger partial charge is 0.0498 e. The van der Waals surface area contributed by atoms with Crippen molar-refractivity contribution in [2.24, 2.45) is 11.7 Å². The van der Waals surface area contributed by atoms with Gasteiger partial charge >= 0.3 is 0 Å². The summed E-state index contributed by atoms with van der Waals surface area (Å²) >= 11 is 6.14. The number of nitrogens with two attached hydrogens (primary N) is 1. The summed E-state index contributed by atoms with van der Waals surface area (Å²) in [6.45, 7) is 6.27. The van der Waals surface area contributed by atoms with Gasteiger partial charge in [0.2, 0.25) is 0 Å². The minimum absolute atomic E-state index is 0.687. The van der Waals surface area contributed by atoms with Gasteiger partial charge in [-0.2, -0.15) is 0 Å². The number of fused-ring (bicyclic) bond motifs is 1. The Kier molecular flexibility index (Phi) is 4.89. The number of halogens is 1. The van der Waals surface area contributed by atoms with Gasteiger partial charge in [-0.1, -0.05) is 44.4 Å². The molecule has 0 spiro atoms. The maximum absolute atomic E-state index is 6.14. The molecular weight excluding hydrogens is 256 g/mol. The fourth-order valence-electron chi connectivity index (χ4n) is 2.67. The average molecular weight is 279 g/mol. The van der Waals surface area contributed by atoms with E-state index >= 15 is 0 Å². The maximum atomic E-state index is 6.14. The summed E-state index contributed by atoms with van der Waals surface area (Å²) < 4.78 is 2.35. The van der Waals surface area contributed by atoms with Crippen molar-refractivity contribution in [3.05, 3.63) is 35.0 Å². The molecule has 0 aliphatic heterocycles. The molecule has 0 amide bonds. The van der Waals surface area contributed by atoms with E-state index in [1.54, 1.807) is 0 Å². The molecule has 0 unspecified atom stereocenters. The van der Waals surface area contributed by atoms with Crippen LogP contribution in [0.5, 0.6) is 0 Å². The number of hydrogen-bond donors (Lipinski definition) is 1. The van der Waals surface area contributed by atoms with Gasteiger partial charge in [0, 0.05) is 28.7 Å². The molecule has 0 bridgehead atoms. The van der Waals surface area contributed by atoms with Crippen LogP contribution in [0.4, 0.5) is 0 Å². The predicted molar refractivity (Wildman–Crippen MR) is 83.8 cm³/mol. The molecule has 1 aromatic carbocycles. The van der Waals surface area contributed by atoms with Crippen molar-refractivity contribution in [2.45, 2.75) is 39.7 Å². The van der Waals surface area contributed by atoms with Gasteiger partial charge in [0.05, 0.1) is 0 Å². The molecule has 0 aliphatic carbocycles. The molecule has 0 radical (unpaired) electrons. The van der Waals surface area contributed by atoms with Crippen LogP contribution in [0, 0.1) is 5.92 Å². The second-order valence-corrected chi connectivity index (χ2v) is 5.63. The molecule has 1 aromatic heterocycles. The van der Waals surface area contributed by atoms with Crippen LogP contribution in [0.2, 0.25) is 5.02 Å². The van der Waals surface area contributed by atoms with E-state index in [1.165, 1.54) is 29.3 Å². The zero-order chi connectivity index (χ0) is 13.8. The highest BCUT2D eigenvalue weighted by atomic mass is 35.5. The lowest BCUT2D eigenvalue weighted by molar-refractivity contribution is 0.425. The zero-order valence-electron chi connectivity index (χ0n) is 11.8. The number of nitrogens with zero attached hydrogens (tertiary/aromatic N) is 1. The molecule has 2 N–H and O–H groups in total. The van der Waals surface area contributed by atoms with Crippen LogP contribution < -0.4 is 5.73 Å². The number of rotatable bonds is 6. The zero-order valence-corrected chi connectivity index (χ0v) is 12.6. The molecule has 2 rings (SSSR count). The minimum Gasteiger partial charge on any atom is -0.347 e. The predicted octanol–water partition coefficient (Wildman–Crippen LogP) is 4.23. The molecule has 104 valence electrons. The molecule has 0 saturated carbocycles. The second kappa shape index (κ2) is 6.44. The van der Waals surface area contributed by atoms with Gasteiger partial charge in [-0.15, -0.1) is 0 Å². The van der Waals surface area contributed by atoms with Crippen molar-refractivity contribution >= 4 is 22.5 Å². The third-order valence-electron chi connectivity index (χ3n) is 3.95. The fraction of sp³-hybridized carbons (Fsp3) is 0.500. The SMILES string of the molecule is CCC(CC)Cn1cc(CCN)c2ccc(Cl)cc21. The van der Waals surface area contributed by atoms with Gasteiger partial charge < -0.3 is 10.3 Å². The monoisotopic (exact) mass is 278 g/mol. The van der Waals surface area contributed by atoms with Crippen molar-refractivity contribution in [3.8, 4) is 0 Å². The Morgan fingerprint density at radius 2 is 2.00 bits per heavy atom. The summed E-state index contributed by atoms with van der Waals surface area (Å²) in [6, 6.07) is 6.15. The molecule has 2 nitrogen and oxygen atoms in total. The highest BCUT2D eigenvalue weighted by Crippen LogP contribution is 2.26. The summed E-state index contributed by atoms with van der Waals surface area (Å²) in [5.41, 5.74) is 8.28. The lowest BCUT2D eigenvalue weighted by Crippen LogP contribution is -2.08. The third-order valence-corrected chi connectivity index (χ3v) is 4.19. The van der Waals surface area contributed by atoms with Gasteiger partial charge in [0.1, 0.15) is 0 Å². The van der Waals surface area contributed by atoms with Crippen LogP contribution in [0.1, 0.15) is 32.3 Å². The summed E-state index contributed by atoms with van der Waals surface area (Å²) in [7, 11) is 0. The molecule has 0 aliphatic rings. The van der Waals surface area contributed by atoms with E-state index in [9.17, 15) is 0 Å². The summed E-state index contributed by atoms with van der Waals surface area (Å²) in [5.74, 6) is 0.723. The first-order valence-corrected chi connectivity index (χ1v) is 7.54. The van der Waals surface area contributed by atoms with Gasteiger partial charge in [0.25, 0.3) is 0 Å². The Hall–Kier alpha value is -0.990.